The Balaban J connectivity index is 2.40. The van der Waals surface area contributed by atoms with Gasteiger partial charge in [0.2, 0.25) is 6.20 Å². The summed E-state index contributed by atoms with van der Waals surface area (Å²) in [6.45, 7) is 2.61. The highest BCUT2D eigenvalue weighted by atomic mass is 16.6. The van der Waals surface area contributed by atoms with Crippen molar-refractivity contribution >= 4 is 5.69 Å². The molecule has 68 valence electrons. The van der Waals surface area contributed by atoms with Crippen LogP contribution in [0.5, 0.6) is 5.88 Å². The second kappa shape index (κ2) is 2.69. The average molecular weight is 181 g/mol. The summed E-state index contributed by atoms with van der Waals surface area (Å²) in [7, 11) is 0. The van der Waals surface area contributed by atoms with E-state index in [1.165, 1.54) is 12.3 Å². The molecule has 0 amide bonds. The van der Waals surface area contributed by atoms with E-state index in [-0.39, 0.29) is 11.8 Å². The molecule has 0 spiro atoms. The van der Waals surface area contributed by atoms with Crippen molar-refractivity contribution < 1.29 is 14.2 Å². The summed E-state index contributed by atoms with van der Waals surface area (Å²) in [5.41, 5.74) is 0.0986. The van der Waals surface area contributed by atoms with Gasteiger partial charge in [-0.1, -0.05) is 0 Å². The molecule has 0 fully saturated rings. The van der Waals surface area contributed by atoms with Crippen LogP contribution in [0.1, 0.15) is 6.92 Å². The molecule has 2 rings (SSSR count). The third-order valence-electron chi connectivity index (χ3n) is 1.95. The van der Waals surface area contributed by atoms with Crippen LogP contribution in [0.4, 0.5) is 5.69 Å². The second-order valence-corrected chi connectivity index (χ2v) is 3.06. The number of ether oxygens (including phenoxy) is 1. The zero-order valence-electron chi connectivity index (χ0n) is 7.14. The lowest BCUT2D eigenvalue weighted by molar-refractivity contribution is -0.684. The first-order valence-corrected chi connectivity index (χ1v) is 4.01. The van der Waals surface area contributed by atoms with Gasteiger partial charge in [-0.05, 0) is 6.92 Å². The van der Waals surface area contributed by atoms with Gasteiger partial charge in [0.1, 0.15) is 0 Å². The number of aromatic nitrogens is 1. The zero-order valence-corrected chi connectivity index (χ0v) is 7.14. The van der Waals surface area contributed by atoms with Crippen LogP contribution >= 0.6 is 0 Å². The maximum Gasteiger partial charge on any atom is 0.368 e. The zero-order chi connectivity index (χ0) is 9.42. The number of pyridine rings is 1. The average Bonchev–Trinajstić information content (AvgIpc) is 2.42. The van der Waals surface area contributed by atoms with E-state index in [2.05, 4.69) is 0 Å². The number of hydrogen-bond acceptors (Lipinski definition) is 3. The predicted octanol–water partition coefficient (Wildman–Crippen LogP) is 0.663. The summed E-state index contributed by atoms with van der Waals surface area (Å²) in [5.74, 6) is 0.693. The van der Waals surface area contributed by atoms with Crippen LogP contribution in [0, 0.1) is 10.1 Å². The van der Waals surface area contributed by atoms with Gasteiger partial charge in [0.15, 0.2) is 12.6 Å². The lowest BCUT2D eigenvalue weighted by Crippen LogP contribution is -2.31. The molecule has 0 saturated heterocycles. The standard InChI is InChI=1S/C8H9N2O3/c1-6-4-9-5-7(10(11)12)2-3-8(9)13-6/h2-3,5-6H,4H2,1H3/q+1. The Kier molecular flexibility index (Phi) is 1.65. The molecule has 13 heavy (non-hydrogen) atoms. The van der Waals surface area contributed by atoms with Gasteiger partial charge in [-0.15, -0.1) is 0 Å². The van der Waals surface area contributed by atoms with Gasteiger partial charge in [0, 0.05) is 6.07 Å². The van der Waals surface area contributed by atoms with Crippen molar-refractivity contribution in [3.63, 3.8) is 0 Å². The van der Waals surface area contributed by atoms with E-state index in [9.17, 15) is 10.1 Å². The molecule has 5 nitrogen and oxygen atoms in total. The van der Waals surface area contributed by atoms with Crippen LogP contribution in [0.15, 0.2) is 18.3 Å². The molecule has 1 aromatic heterocycles. The molecule has 0 N–H and O–H groups in total. The molecular weight excluding hydrogens is 172 g/mol. The Bertz CT molecular complexity index is 364. The van der Waals surface area contributed by atoms with Gasteiger partial charge in [-0.25, -0.2) is 0 Å². The van der Waals surface area contributed by atoms with Crippen LogP contribution in [0.3, 0.4) is 0 Å². The summed E-state index contributed by atoms with van der Waals surface area (Å²) < 4.78 is 7.13. The smallest absolute Gasteiger partial charge is 0.368 e. The fourth-order valence-corrected chi connectivity index (χ4v) is 1.40. The minimum absolute atomic E-state index is 0.0986. The van der Waals surface area contributed by atoms with E-state index in [0.717, 1.165) is 0 Å². The fraction of sp³-hybridized carbons (Fsp3) is 0.375. The van der Waals surface area contributed by atoms with Crippen molar-refractivity contribution in [2.24, 2.45) is 0 Å². The first-order valence-electron chi connectivity index (χ1n) is 4.01. The Morgan fingerprint density at radius 3 is 3.15 bits per heavy atom. The van der Waals surface area contributed by atoms with Gasteiger partial charge in [-0.2, -0.15) is 4.57 Å². The van der Waals surface area contributed by atoms with Crippen molar-refractivity contribution in [2.75, 3.05) is 0 Å². The number of nitro groups is 1. The van der Waals surface area contributed by atoms with Crippen LogP contribution in [-0.2, 0) is 6.54 Å². The Labute approximate surface area is 74.7 Å². The van der Waals surface area contributed by atoms with E-state index in [4.69, 9.17) is 4.74 Å². The van der Waals surface area contributed by atoms with E-state index in [0.29, 0.717) is 12.4 Å². The van der Waals surface area contributed by atoms with Crippen LogP contribution in [-0.4, -0.2) is 11.0 Å². The van der Waals surface area contributed by atoms with Gasteiger partial charge in [0.25, 0.3) is 0 Å². The minimum Gasteiger partial charge on any atom is -0.435 e. The molecule has 2 heterocycles. The third-order valence-corrected chi connectivity index (χ3v) is 1.95. The molecule has 0 saturated carbocycles. The van der Waals surface area contributed by atoms with Crippen molar-refractivity contribution in [3.8, 4) is 5.88 Å². The maximum atomic E-state index is 10.4. The van der Waals surface area contributed by atoms with E-state index < -0.39 is 4.92 Å². The van der Waals surface area contributed by atoms with Crippen LogP contribution in [0.2, 0.25) is 0 Å². The van der Waals surface area contributed by atoms with Gasteiger partial charge in [0.05, 0.1) is 11.0 Å². The SMILES string of the molecule is CC1C[n+]2cc([N+](=O)[O-])ccc2O1. The summed E-state index contributed by atoms with van der Waals surface area (Å²) >= 11 is 0. The minimum atomic E-state index is -0.406. The van der Waals surface area contributed by atoms with Gasteiger partial charge >= 0.3 is 11.6 Å². The maximum absolute atomic E-state index is 10.4. The third kappa shape index (κ3) is 1.32. The number of nitrogens with zero attached hydrogens (tertiary/aromatic N) is 2. The lowest BCUT2D eigenvalue weighted by Gasteiger charge is -1.92. The molecule has 0 bridgehead atoms. The van der Waals surface area contributed by atoms with Crippen molar-refractivity contribution in [3.05, 3.63) is 28.4 Å². The predicted molar refractivity (Wildman–Crippen MR) is 43.4 cm³/mol. The lowest BCUT2D eigenvalue weighted by atomic mass is 10.4. The highest BCUT2D eigenvalue weighted by Gasteiger charge is 2.28. The van der Waals surface area contributed by atoms with Gasteiger partial charge in [-0.3, -0.25) is 10.1 Å². The number of fused-ring (bicyclic) bond motifs is 1. The molecule has 0 radical (unpaired) electrons. The molecule has 1 atom stereocenters. The topological polar surface area (TPSA) is 56.2 Å². The first-order chi connectivity index (χ1) is 6.16. The molecule has 1 aliphatic rings. The Morgan fingerprint density at radius 2 is 2.46 bits per heavy atom. The van der Waals surface area contributed by atoms with Crippen molar-refractivity contribution in [1.82, 2.24) is 0 Å². The molecule has 1 aromatic rings. The normalized spacial score (nSPS) is 19.3. The Hall–Kier alpha value is -1.65. The number of hydrogen-bond donors (Lipinski definition) is 0. The summed E-state index contributed by atoms with van der Waals surface area (Å²) in [6.07, 6.45) is 1.60. The highest BCUT2D eigenvalue weighted by Crippen LogP contribution is 2.17. The molecule has 1 unspecified atom stereocenters. The van der Waals surface area contributed by atoms with E-state index in [1.807, 2.05) is 6.92 Å². The molecular formula is C8H9N2O3+. The largest absolute Gasteiger partial charge is 0.435 e. The number of rotatable bonds is 1. The summed E-state index contributed by atoms with van der Waals surface area (Å²) in [6, 6.07) is 3.07. The van der Waals surface area contributed by atoms with Crippen molar-refractivity contribution in [2.45, 2.75) is 19.6 Å². The van der Waals surface area contributed by atoms with Gasteiger partial charge < -0.3 is 4.74 Å². The van der Waals surface area contributed by atoms with E-state index >= 15 is 0 Å². The monoisotopic (exact) mass is 181 g/mol. The molecule has 0 aromatic carbocycles. The van der Waals surface area contributed by atoms with Crippen LogP contribution in [0.25, 0.3) is 0 Å². The van der Waals surface area contributed by atoms with Crippen LogP contribution < -0.4 is 9.30 Å². The quantitative estimate of drug-likeness (QED) is 0.363. The molecule has 1 aliphatic heterocycles. The highest BCUT2D eigenvalue weighted by molar-refractivity contribution is 5.25. The van der Waals surface area contributed by atoms with Crippen molar-refractivity contribution in [1.29, 1.82) is 0 Å². The summed E-state index contributed by atoms with van der Waals surface area (Å²) in [4.78, 5) is 10.0. The Morgan fingerprint density at radius 1 is 1.69 bits per heavy atom. The van der Waals surface area contributed by atoms with E-state index in [1.54, 1.807) is 10.6 Å². The molecule has 0 aliphatic carbocycles. The molecule has 5 heteroatoms. The summed E-state index contributed by atoms with van der Waals surface area (Å²) in [5, 5.41) is 10.4. The fourth-order valence-electron chi connectivity index (χ4n) is 1.40. The second-order valence-electron chi connectivity index (χ2n) is 3.06. The first kappa shape index (κ1) is 7.97.